The molecule has 1 aromatic rings. The number of unbranched alkanes of at least 4 members (excludes halogenated alkanes) is 3. The molecule has 146 valence electrons. The van der Waals surface area contributed by atoms with Crippen molar-refractivity contribution in [3.63, 3.8) is 0 Å². The van der Waals surface area contributed by atoms with Gasteiger partial charge in [-0.2, -0.15) is 4.37 Å². The zero-order valence-electron chi connectivity index (χ0n) is 16.7. The maximum absolute atomic E-state index is 11.5. The fourth-order valence-electron chi connectivity index (χ4n) is 3.31. The Labute approximate surface area is 161 Å². The number of quaternary nitrogens is 1. The highest BCUT2D eigenvalue weighted by Gasteiger charge is 2.45. The molecule has 7 heteroatoms. The summed E-state index contributed by atoms with van der Waals surface area (Å²) in [6.07, 6.45) is 7.78. The van der Waals surface area contributed by atoms with Crippen molar-refractivity contribution in [2.45, 2.75) is 65.5 Å². The molecule has 26 heavy (non-hydrogen) atoms. The molecular formula is C19H32N3O3S+. The molecule has 0 fully saturated rings. The number of ether oxygens (including phenoxy) is 2. The number of esters is 1. The number of hydrogen-bond donors (Lipinski definition) is 0. The molecule has 6 nitrogen and oxygen atoms in total. The molecule has 1 atom stereocenters. The topological polar surface area (TPSA) is 61.3 Å². The first kappa shape index (κ1) is 20.8. The van der Waals surface area contributed by atoms with E-state index in [-0.39, 0.29) is 5.97 Å². The third-order valence-corrected chi connectivity index (χ3v) is 5.74. The molecule has 0 saturated heterocycles. The molecule has 0 saturated carbocycles. The van der Waals surface area contributed by atoms with Crippen molar-refractivity contribution in [3.05, 3.63) is 11.8 Å². The van der Waals surface area contributed by atoms with E-state index in [1.165, 1.54) is 37.9 Å². The monoisotopic (exact) mass is 382 g/mol. The molecule has 0 radical (unpaired) electrons. The lowest BCUT2D eigenvalue weighted by Gasteiger charge is -2.47. The Morgan fingerprint density at radius 1 is 1.31 bits per heavy atom. The number of nitrogens with zero attached hydrogens (tertiary/aromatic N) is 3. The molecule has 0 spiro atoms. The van der Waals surface area contributed by atoms with Gasteiger partial charge in [0.25, 0.3) is 5.88 Å². The Morgan fingerprint density at radius 3 is 2.77 bits per heavy atom. The van der Waals surface area contributed by atoms with Crippen LogP contribution in [0.1, 0.15) is 65.5 Å². The first-order valence-electron chi connectivity index (χ1n) is 9.48. The van der Waals surface area contributed by atoms with Gasteiger partial charge in [-0.1, -0.05) is 32.3 Å². The minimum absolute atomic E-state index is 0.253. The molecule has 0 N–H and O–H groups in total. The second-order valence-electron chi connectivity index (χ2n) is 7.66. The van der Waals surface area contributed by atoms with Crippen LogP contribution in [0.15, 0.2) is 6.08 Å². The van der Waals surface area contributed by atoms with Crippen LogP contribution in [0.5, 0.6) is 5.88 Å². The minimum Gasteiger partial charge on any atom is -0.475 e. The molecule has 1 unspecified atom stereocenters. The lowest BCUT2D eigenvalue weighted by molar-refractivity contribution is -0.971. The Morgan fingerprint density at radius 2 is 2.08 bits per heavy atom. The van der Waals surface area contributed by atoms with Crippen molar-refractivity contribution in [1.29, 1.82) is 0 Å². The summed E-state index contributed by atoms with van der Waals surface area (Å²) in [5.41, 5.74) is 1.36. The van der Waals surface area contributed by atoms with Crippen LogP contribution in [0, 0.1) is 0 Å². The maximum atomic E-state index is 11.5. The van der Waals surface area contributed by atoms with Crippen LogP contribution in [0.4, 0.5) is 0 Å². The minimum atomic E-state index is -0.601. The van der Waals surface area contributed by atoms with Crippen molar-refractivity contribution >= 4 is 23.3 Å². The summed E-state index contributed by atoms with van der Waals surface area (Å²) >= 11 is 1.19. The summed E-state index contributed by atoms with van der Waals surface area (Å²) < 4.78 is 21.0. The average molecular weight is 383 g/mol. The van der Waals surface area contributed by atoms with Crippen LogP contribution in [0.2, 0.25) is 0 Å². The number of carbonyl (C=O) groups excluding carboxylic acids is 1. The van der Waals surface area contributed by atoms with E-state index in [0.29, 0.717) is 17.0 Å². The number of carbonyl (C=O) groups is 1. The second kappa shape index (κ2) is 8.95. The van der Waals surface area contributed by atoms with E-state index in [1.807, 2.05) is 13.8 Å². The molecule has 0 aliphatic carbocycles. The highest BCUT2D eigenvalue weighted by atomic mass is 32.1. The van der Waals surface area contributed by atoms with Gasteiger partial charge >= 0.3 is 5.97 Å². The predicted molar refractivity (Wildman–Crippen MR) is 104 cm³/mol. The Balaban J connectivity index is 2.07. The summed E-state index contributed by atoms with van der Waals surface area (Å²) in [7, 11) is 2.13. The normalized spacial score (nSPS) is 20.6. The van der Waals surface area contributed by atoms with Gasteiger partial charge in [0.15, 0.2) is 0 Å². The molecule has 2 heterocycles. The Bertz CT molecular complexity index is 642. The number of hydrogen-bond acceptors (Lipinski definition) is 6. The number of aromatic nitrogens is 2. The first-order valence-corrected chi connectivity index (χ1v) is 10.2. The standard InChI is InChI=1S/C19H32N3O3S/c1-6-7-8-9-13-24-18-17(20-26-21-18)16-11-10-12-22(5,14-16)19(3,4)25-15(2)23/h11H,6-10,12-14H2,1-5H3/q+1. The van der Waals surface area contributed by atoms with E-state index in [4.69, 9.17) is 9.47 Å². The molecule has 0 amide bonds. The van der Waals surface area contributed by atoms with E-state index in [1.54, 1.807) is 0 Å². The molecule has 0 aromatic carbocycles. The summed E-state index contributed by atoms with van der Waals surface area (Å²) in [4.78, 5) is 11.5. The zero-order chi connectivity index (χ0) is 19.2. The molecule has 2 rings (SSSR count). The van der Waals surface area contributed by atoms with E-state index >= 15 is 0 Å². The van der Waals surface area contributed by atoms with Crippen LogP contribution in [0.3, 0.4) is 0 Å². The van der Waals surface area contributed by atoms with Gasteiger partial charge in [-0.15, -0.1) is 4.37 Å². The maximum Gasteiger partial charge on any atom is 0.307 e. The molecule has 1 aromatic heterocycles. The molecule has 1 aliphatic rings. The summed E-state index contributed by atoms with van der Waals surface area (Å²) in [6.45, 7) is 9.93. The summed E-state index contributed by atoms with van der Waals surface area (Å²) in [6, 6.07) is 0. The lowest BCUT2D eigenvalue weighted by Crippen LogP contribution is -2.62. The summed E-state index contributed by atoms with van der Waals surface area (Å²) in [5.74, 6) is 0.383. The molecule has 1 aliphatic heterocycles. The van der Waals surface area contributed by atoms with Gasteiger partial charge in [0.05, 0.1) is 31.9 Å². The van der Waals surface area contributed by atoms with Crippen LogP contribution in [-0.4, -0.2) is 51.7 Å². The van der Waals surface area contributed by atoms with Crippen molar-refractivity contribution in [3.8, 4) is 5.88 Å². The van der Waals surface area contributed by atoms with Crippen molar-refractivity contribution in [2.24, 2.45) is 0 Å². The average Bonchev–Trinajstić information content (AvgIpc) is 3.02. The van der Waals surface area contributed by atoms with E-state index in [2.05, 4.69) is 28.8 Å². The van der Waals surface area contributed by atoms with Gasteiger partial charge in [0.2, 0.25) is 5.72 Å². The molecule has 0 bridgehead atoms. The highest BCUT2D eigenvalue weighted by Crippen LogP contribution is 2.35. The van der Waals surface area contributed by atoms with Gasteiger partial charge in [-0.3, -0.25) is 9.28 Å². The van der Waals surface area contributed by atoms with Gasteiger partial charge in [-0.25, -0.2) is 0 Å². The zero-order valence-corrected chi connectivity index (χ0v) is 17.5. The smallest absolute Gasteiger partial charge is 0.307 e. The van der Waals surface area contributed by atoms with Crippen molar-refractivity contribution in [1.82, 2.24) is 8.75 Å². The Hall–Kier alpha value is -1.47. The second-order valence-corrected chi connectivity index (χ2v) is 8.19. The lowest BCUT2D eigenvalue weighted by atomic mass is 10.0. The van der Waals surface area contributed by atoms with Crippen LogP contribution >= 0.6 is 11.7 Å². The van der Waals surface area contributed by atoms with Crippen LogP contribution < -0.4 is 4.74 Å². The third-order valence-electron chi connectivity index (χ3n) is 5.23. The van der Waals surface area contributed by atoms with Crippen LogP contribution in [-0.2, 0) is 9.53 Å². The van der Waals surface area contributed by atoms with Gasteiger partial charge < -0.3 is 9.47 Å². The van der Waals surface area contributed by atoms with E-state index in [9.17, 15) is 4.79 Å². The SMILES string of the molecule is CCCCCCOc1nsnc1C1=CCC[N+](C)(C(C)(C)OC(C)=O)C1. The van der Waals surface area contributed by atoms with E-state index < -0.39 is 5.72 Å². The fraction of sp³-hybridized carbons (Fsp3) is 0.737. The highest BCUT2D eigenvalue weighted by molar-refractivity contribution is 6.99. The van der Waals surface area contributed by atoms with Crippen molar-refractivity contribution < 1.29 is 18.8 Å². The van der Waals surface area contributed by atoms with Crippen molar-refractivity contribution in [2.75, 3.05) is 26.7 Å². The first-order chi connectivity index (χ1) is 12.3. The van der Waals surface area contributed by atoms with Gasteiger partial charge in [0.1, 0.15) is 12.2 Å². The fourth-order valence-corrected chi connectivity index (χ4v) is 3.84. The Kier molecular flexibility index (Phi) is 7.17. The number of likely N-dealkylation sites (N-methyl/N-ethyl adjacent to an activating group) is 1. The molecular weight excluding hydrogens is 350 g/mol. The van der Waals surface area contributed by atoms with Crippen LogP contribution in [0.25, 0.3) is 5.57 Å². The largest absolute Gasteiger partial charge is 0.475 e. The predicted octanol–water partition coefficient (Wildman–Crippen LogP) is 4.03. The summed E-state index contributed by atoms with van der Waals surface area (Å²) in [5, 5.41) is 0. The van der Waals surface area contributed by atoms with Gasteiger partial charge in [0, 0.05) is 32.8 Å². The third kappa shape index (κ3) is 5.04. The van der Waals surface area contributed by atoms with E-state index in [0.717, 1.165) is 37.2 Å². The van der Waals surface area contributed by atoms with Gasteiger partial charge in [-0.05, 0) is 6.42 Å². The number of rotatable bonds is 9. The quantitative estimate of drug-likeness (QED) is 0.367.